The molecule has 0 unspecified atom stereocenters. The minimum absolute atomic E-state index is 0.642. The number of pyridine rings is 1. The molecule has 3 rings (SSSR count). The van der Waals surface area contributed by atoms with E-state index in [0.29, 0.717) is 18.1 Å². The maximum absolute atomic E-state index is 5.36. The smallest absolute Gasteiger partial charge is 0.161 e. The van der Waals surface area contributed by atoms with Crippen LogP contribution >= 0.6 is 11.5 Å². The predicted molar refractivity (Wildman–Crippen MR) is 96.3 cm³/mol. The first kappa shape index (κ1) is 16.5. The molecular formula is C17H19N3O3S. The van der Waals surface area contributed by atoms with Gasteiger partial charge in [0.25, 0.3) is 0 Å². The van der Waals surface area contributed by atoms with Gasteiger partial charge in [-0.3, -0.25) is 4.98 Å². The highest BCUT2D eigenvalue weighted by molar-refractivity contribution is 7.11. The van der Waals surface area contributed by atoms with Crippen molar-refractivity contribution in [3.8, 4) is 22.6 Å². The number of nitrogens with zero attached hydrogens (tertiary/aromatic N) is 2. The third-order valence-corrected chi connectivity index (χ3v) is 4.43. The number of ether oxygens (including phenoxy) is 3. The fourth-order valence-electron chi connectivity index (χ4n) is 2.39. The van der Waals surface area contributed by atoms with Gasteiger partial charge >= 0.3 is 0 Å². The lowest BCUT2D eigenvalue weighted by Gasteiger charge is -2.09. The minimum Gasteiger partial charge on any atom is -0.493 e. The normalized spacial score (nSPS) is 10.8. The van der Waals surface area contributed by atoms with Crippen LogP contribution in [0, 0.1) is 0 Å². The number of rotatable bonds is 7. The second kappa shape index (κ2) is 7.46. The van der Waals surface area contributed by atoms with E-state index < -0.39 is 0 Å². The standard InChI is InChI=1S/C17H19N3O3S/c1-21-7-6-18-17-16-13(20-24-17)8-12(10-19-16)11-4-5-14(22-2)15(9-11)23-3/h4-5,8-10,18H,6-7H2,1-3H3. The molecule has 0 aliphatic heterocycles. The van der Waals surface area contributed by atoms with E-state index in [0.717, 1.165) is 33.7 Å². The second-order valence-electron chi connectivity index (χ2n) is 5.09. The van der Waals surface area contributed by atoms with Gasteiger partial charge in [-0.15, -0.1) is 0 Å². The van der Waals surface area contributed by atoms with E-state index >= 15 is 0 Å². The van der Waals surface area contributed by atoms with Crippen LogP contribution in [0.4, 0.5) is 5.00 Å². The van der Waals surface area contributed by atoms with Gasteiger partial charge in [0.15, 0.2) is 11.5 Å². The van der Waals surface area contributed by atoms with Crippen molar-refractivity contribution < 1.29 is 14.2 Å². The summed E-state index contributed by atoms with van der Waals surface area (Å²) >= 11 is 1.41. The van der Waals surface area contributed by atoms with Gasteiger partial charge in [-0.25, -0.2) is 0 Å². The van der Waals surface area contributed by atoms with Gasteiger partial charge in [0.05, 0.1) is 20.8 Å². The first-order valence-electron chi connectivity index (χ1n) is 7.47. The topological polar surface area (TPSA) is 65.5 Å². The van der Waals surface area contributed by atoms with Crippen LogP contribution in [-0.4, -0.2) is 43.8 Å². The lowest BCUT2D eigenvalue weighted by molar-refractivity contribution is 0.211. The van der Waals surface area contributed by atoms with E-state index in [9.17, 15) is 0 Å². The van der Waals surface area contributed by atoms with Crippen molar-refractivity contribution in [1.82, 2.24) is 9.36 Å². The molecule has 2 heterocycles. The molecule has 24 heavy (non-hydrogen) atoms. The largest absolute Gasteiger partial charge is 0.493 e. The van der Waals surface area contributed by atoms with Crippen molar-refractivity contribution in [3.63, 3.8) is 0 Å². The van der Waals surface area contributed by atoms with Crippen molar-refractivity contribution in [2.24, 2.45) is 0 Å². The highest BCUT2D eigenvalue weighted by Gasteiger charge is 2.11. The van der Waals surface area contributed by atoms with Crippen LogP contribution in [0.2, 0.25) is 0 Å². The summed E-state index contributed by atoms with van der Waals surface area (Å²) in [6, 6.07) is 7.83. The predicted octanol–water partition coefficient (Wildman–Crippen LogP) is 3.43. The fourth-order valence-corrected chi connectivity index (χ4v) is 3.13. The summed E-state index contributed by atoms with van der Waals surface area (Å²) in [5.74, 6) is 1.39. The summed E-state index contributed by atoms with van der Waals surface area (Å²) in [5, 5.41) is 4.25. The van der Waals surface area contributed by atoms with Crippen molar-refractivity contribution in [2.75, 3.05) is 39.8 Å². The van der Waals surface area contributed by atoms with E-state index in [1.807, 2.05) is 30.5 Å². The molecule has 0 spiro atoms. The van der Waals surface area contributed by atoms with Crippen molar-refractivity contribution in [3.05, 3.63) is 30.5 Å². The summed E-state index contributed by atoms with van der Waals surface area (Å²) < 4.78 is 20.2. The van der Waals surface area contributed by atoms with Gasteiger partial charge in [0.1, 0.15) is 16.0 Å². The maximum atomic E-state index is 5.36. The number of hydrogen-bond donors (Lipinski definition) is 1. The van der Waals surface area contributed by atoms with E-state index in [4.69, 9.17) is 14.2 Å². The van der Waals surface area contributed by atoms with Crippen LogP contribution in [0.25, 0.3) is 22.2 Å². The van der Waals surface area contributed by atoms with Crippen LogP contribution < -0.4 is 14.8 Å². The van der Waals surface area contributed by atoms with E-state index in [1.165, 1.54) is 11.5 Å². The van der Waals surface area contributed by atoms with Gasteiger partial charge in [-0.1, -0.05) is 6.07 Å². The summed E-state index contributed by atoms with van der Waals surface area (Å²) in [7, 11) is 4.93. The van der Waals surface area contributed by atoms with Gasteiger partial charge < -0.3 is 19.5 Å². The van der Waals surface area contributed by atoms with Crippen LogP contribution in [0.5, 0.6) is 11.5 Å². The average Bonchev–Trinajstić information content (AvgIpc) is 3.03. The van der Waals surface area contributed by atoms with E-state index in [1.54, 1.807) is 21.3 Å². The molecule has 7 heteroatoms. The highest BCUT2D eigenvalue weighted by atomic mass is 32.1. The SMILES string of the molecule is COCCNc1snc2cc(-c3ccc(OC)c(OC)c3)cnc12. The van der Waals surface area contributed by atoms with Crippen molar-refractivity contribution in [2.45, 2.75) is 0 Å². The Kier molecular flexibility index (Phi) is 5.12. The van der Waals surface area contributed by atoms with Crippen LogP contribution in [-0.2, 0) is 4.74 Å². The highest BCUT2D eigenvalue weighted by Crippen LogP contribution is 2.34. The summed E-state index contributed by atoms with van der Waals surface area (Å²) in [4.78, 5) is 4.57. The minimum atomic E-state index is 0.642. The number of anilines is 1. The summed E-state index contributed by atoms with van der Waals surface area (Å²) in [5.41, 5.74) is 3.73. The monoisotopic (exact) mass is 345 g/mol. The Morgan fingerprint density at radius 2 is 1.88 bits per heavy atom. The Morgan fingerprint density at radius 1 is 1.04 bits per heavy atom. The van der Waals surface area contributed by atoms with Gasteiger partial charge in [-0.2, -0.15) is 4.37 Å². The molecule has 2 aromatic heterocycles. The molecule has 1 aromatic carbocycles. The molecule has 0 saturated heterocycles. The molecule has 0 amide bonds. The first-order chi connectivity index (χ1) is 11.8. The molecule has 0 radical (unpaired) electrons. The second-order valence-corrected chi connectivity index (χ2v) is 5.87. The molecule has 0 aliphatic rings. The third kappa shape index (κ3) is 3.27. The number of methoxy groups -OCH3 is 3. The Morgan fingerprint density at radius 3 is 2.62 bits per heavy atom. The summed E-state index contributed by atoms with van der Waals surface area (Å²) in [6.07, 6.45) is 1.85. The van der Waals surface area contributed by atoms with Crippen LogP contribution in [0.15, 0.2) is 30.5 Å². The van der Waals surface area contributed by atoms with Crippen molar-refractivity contribution >= 4 is 27.6 Å². The van der Waals surface area contributed by atoms with Crippen molar-refractivity contribution in [1.29, 1.82) is 0 Å². The Bertz CT molecular complexity index is 835. The molecule has 0 aliphatic carbocycles. The van der Waals surface area contributed by atoms with Gasteiger partial charge in [0, 0.05) is 25.4 Å². The van der Waals surface area contributed by atoms with Gasteiger partial charge in [-0.05, 0) is 35.3 Å². The molecule has 1 N–H and O–H groups in total. The summed E-state index contributed by atoms with van der Waals surface area (Å²) in [6.45, 7) is 1.37. The van der Waals surface area contributed by atoms with E-state index in [2.05, 4.69) is 14.7 Å². The molecule has 3 aromatic rings. The van der Waals surface area contributed by atoms with Crippen LogP contribution in [0.3, 0.4) is 0 Å². The number of hydrogen-bond acceptors (Lipinski definition) is 7. The molecule has 0 saturated carbocycles. The Balaban J connectivity index is 1.91. The number of fused-ring (bicyclic) bond motifs is 1. The molecular weight excluding hydrogens is 326 g/mol. The quantitative estimate of drug-likeness (QED) is 0.662. The number of aromatic nitrogens is 2. The zero-order valence-electron chi connectivity index (χ0n) is 13.8. The molecule has 0 fully saturated rings. The lowest BCUT2D eigenvalue weighted by Crippen LogP contribution is -2.06. The van der Waals surface area contributed by atoms with Gasteiger partial charge in [0.2, 0.25) is 0 Å². The lowest BCUT2D eigenvalue weighted by atomic mass is 10.1. The first-order valence-corrected chi connectivity index (χ1v) is 8.24. The Labute approximate surface area is 144 Å². The zero-order valence-corrected chi connectivity index (χ0v) is 14.6. The number of benzene rings is 1. The third-order valence-electron chi connectivity index (χ3n) is 3.63. The average molecular weight is 345 g/mol. The number of nitrogens with one attached hydrogen (secondary N) is 1. The fraction of sp³-hybridized carbons (Fsp3) is 0.294. The molecule has 126 valence electrons. The van der Waals surface area contributed by atoms with Crippen LogP contribution in [0.1, 0.15) is 0 Å². The Hall–Kier alpha value is -2.38. The molecule has 0 atom stereocenters. The molecule has 6 nitrogen and oxygen atoms in total. The molecule has 0 bridgehead atoms. The van der Waals surface area contributed by atoms with E-state index in [-0.39, 0.29) is 0 Å². The maximum Gasteiger partial charge on any atom is 0.161 e. The zero-order chi connectivity index (χ0) is 16.9.